The summed E-state index contributed by atoms with van der Waals surface area (Å²) in [6.45, 7) is 0. The zero-order valence-corrected chi connectivity index (χ0v) is 13.2. The third-order valence-corrected chi connectivity index (χ3v) is 4.04. The smallest absolute Gasteiger partial charge is 0.291 e. The number of nitrogens with zero attached hydrogens (tertiary/aromatic N) is 3. The van der Waals surface area contributed by atoms with Gasteiger partial charge in [0.05, 0.1) is 21.6 Å². The molecule has 0 fully saturated rings. The first-order valence-electron chi connectivity index (χ1n) is 7.21. The summed E-state index contributed by atoms with van der Waals surface area (Å²) in [5.41, 5.74) is 0.914. The first-order valence-corrected chi connectivity index (χ1v) is 7.59. The van der Waals surface area contributed by atoms with E-state index < -0.39 is 11.7 Å². The third-order valence-electron chi connectivity index (χ3n) is 3.73. The quantitative estimate of drug-likeness (QED) is 0.552. The van der Waals surface area contributed by atoms with E-state index in [1.807, 2.05) is 0 Å². The minimum Gasteiger partial charge on any atom is -0.291 e. The van der Waals surface area contributed by atoms with Gasteiger partial charge >= 0.3 is 6.18 Å². The highest BCUT2D eigenvalue weighted by Gasteiger charge is 2.34. The predicted octanol–water partition coefficient (Wildman–Crippen LogP) is 4.89. The zero-order valence-electron chi connectivity index (χ0n) is 12.5. The minimum absolute atomic E-state index is 0.179. The molecular formula is C17H9ClF3N4. The number of hydrogen-bond donors (Lipinski definition) is 1. The van der Waals surface area contributed by atoms with Crippen molar-refractivity contribution in [2.45, 2.75) is 6.18 Å². The number of fused-ring (bicyclic) bond motifs is 1. The van der Waals surface area contributed by atoms with Gasteiger partial charge in [0.2, 0.25) is 0 Å². The molecule has 2 heterocycles. The summed E-state index contributed by atoms with van der Waals surface area (Å²) in [6.07, 6.45) is -2.94. The Hall–Kier alpha value is -2.80. The van der Waals surface area contributed by atoms with Crippen LogP contribution in [0.15, 0.2) is 48.7 Å². The molecule has 1 radical (unpaired) electrons. The normalized spacial score (nSPS) is 12.0. The highest BCUT2D eigenvalue weighted by Crippen LogP contribution is 2.38. The Morgan fingerprint density at radius 2 is 2.04 bits per heavy atom. The lowest BCUT2D eigenvalue weighted by molar-refractivity contribution is -0.137. The van der Waals surface area contributed by atoms with Crippen molar-refractivity contribution in [3.63, 3.8) is 0 Å². The van der Waals surface area contributed by atoms with Crippen LogP contribution in [0.1, 0.15) is 5.56 Å². The second-order valence-corrected chi connectivity index (χ2v) is 5.72. The fourth-order valence-electron chi connectivity index (χ4n) is 2.66. The van der Waals surface area contributed by atoms with Gasteiger partial charge in [0.1, 0.15) is 5.69 Å². The van der Waals surface area contributed by atoms with Gasteiger partial charge in [-0.15, -0.1) is 0 Å². The van der Waals surface area contributed by atoms with Crippen LogP contribution < -0.4 is 0 Å². The monoisotopic (exact) mass is 361 g/mol. The molecule has 0 saturated heterocycles. The molecule has 0 saturated carbocycles. The van der Waals surface area contributed by atoms with Gasteiger partial charge < -0.3 is 0 Å². The molecule has 0 aliphatic rings. The van der Waals surface area contributed by atoms with Gasteiger partial charge in [-0.05, 0) is 36.4 Å². The van der Waals surface area contributed by atoms with Crippen LogP contribution in [0.5, 0.6) is 0 Å². The van der Waals surface area contributed by atoms with Crippen molar-refractivity contribution >= 4 is 22.6 Å². The van der Waals surface area contributed by atoms with Gasteiger partial charge in [-0.25, -0.2) is 4.98 Å². The predicted molar refractivity (Wildman–Crippen MR) is 87.5 cm³/mol. The molecule has 0 aliphatic carbocycles. The summed E-state index contributed by atoms with van der Waals surface area (Å²) in [7, 11) is 0. The molecule has 2 aromatic carbocycles. The number of aromatic amines is 1. The van der Waals surface area contributed by atoms with E-state index in [1.165, 1.54) is 6.07 Å². The molecule has 0 atom stereocenters. The molecule has 0 aliphatic heterocycles. The summed E-state index contributed by atoms with van der Waals surface area (Å²) >= 11 is 5.89. The molecule has 0 amide bonds. The lowest BCUT2D eigenvalue weighted by atomic mass is 10.2. The minimum atomic E-state index is -4.55. The van der Waals surface area contributed by atoms with E-state index in [0.29, 0.717) is 22.7 Å². The highest BCUT2D eigenvalue weighted by molar-refractivity contribution is 6.32. The molecule has 8 heteroatoms. The Balaban J connectivity index is 2.07. The summed E-state index contributed by atoms with van der Waals surface area (Å²) in [6, 6.07) is 13.9. The maximum atomic E-state index is 13.1. The second-order valence-electron chi connectivity index (χ2n) is 5.31. The van der Waals surface area contributed by atoms with E-state index in [2.05, 4.69) is 21.2 Å². The van der Waals surface area contributed by atoms with Crippen LogP contribution in [-0.4, -0.2) is 19.7 Å². The Morgan fingerprint density at radius 3 is 2.68 bits per heavy atom. The average Bonchev–Trinajstić information content (AvgIpc) is 3.21. The molecule has 1 N–H and O–H groups in total. The van der Waals surface area contributed by atoms with E-state index >= 15 is 0 Å². The van der Waals surface area contributed by atoms with Gasteiger partial charge in [0.15, 0.2) is 5.82 Å². The van der Waals surface area contributed by atoms with Crippen LogP contribution in [-0.2, 0) is 6.18 Å². The molecule has 125 valence electrons. The Morgan fingerprint density at radius 1 is 1.20 bits per heavy atom. The Bertz CT molecular complexity index is 1040. The van der Waals surface area contributed by atoms with E-state index in [1.54, 1.807) is 41.1 Å². The lowest BCUT2D eigenvalue weighted by Gasteiger charge is -2.10. The van der Waals surface area contributed by atoms with Crippen LogP contribution >= 0.6 is 11.6 Å². The molecule has 4 rings (SSSR count). The maximum absolute atomic E-state index is 13.1. The fourth-order valence-corrected chi connectivity index (χ4v) is 2.92. The number of H-pyrrole nitrogens is 1. The number of imidazole rings is 1. The van der Waals surface area contributed by atoms with Crippen LogP contribution in [0.2, 0.25) is 5.02 Å². The summed E-state index contributed by atoms with van der Waals surface area (Å²) in [5, 5.41) is 6.39. The molecule has 0 unspecified atom stereocenters. The van der Waals surface area contributed by atoms with Crippen molar-refractivity contribution in [1.29, 1.82) is 0 Å². The number of hydrogen-bond acceptors (Lipinski definition) is 2. The standard InChI is InChI=1S/C17H9ClF3N4/c18-12-9-15-14(8-11(12)17(19,20)21)23-16(13-6-7-22-24-13)25(15)10-4-2-1-3-5-10/h1-2,4-9H,(H,22,24). The number of benzene rings is 2. The van der Waals surface area contributed by atoms with Crippen molar-refractivity contribution in [1.82, 2.24) is 19.7 Å². The molecule has 4 nitrogen and oxygen atoms in total. The Labute approximate surface area is 144 Å². The third kappa shape index (κ3) is 2.66. The van der Waals surface area contributed by atoms with Gasteiger partial charge in [-0.3, -0.25) is 9.67 Å². The summed E-state index contributed by atoms with van der Waals surface area (Å²) in [4.78, 5) is 4.35. The van der Waals surface area contributed by atoms with Gasteiger partial charge in [0, 0.05) is 11.9 Å². The average molecular weight is 362 g/mol. The maximum Gasteiger partial charge on any atom is 0.417 e. The van der Waals surface area contributed by atoms with Crippen molar-refractivity contribution in [2.75, 3.05) is 0 Å². The number of alkyl halides is 3. The molecule has 4 aromatic rings. The van der Waals surface area contributed by atoms with E-state index in [0.717, 1.165) is 6.07 Å². The van der Waals surface area contributed by atoms with Crippen molar-refractivity contribution < 1.29 is 13.2 Å². The first kappa shape index (κ1) is 15.7. The van der Waals surface area contributed by atoms with Crippen LogP contribution in [0, 0.1) is 6.07 Å². The highest BCUT2D eigenvalue weighted by atomic mass is 35.5. The molecule has 25 heavy (non-hydrogen) atoms. The Kier molecular flexibility index (Phi) is 3.54. The topological polar surface area (TPSA) is 46.5 Å². The second kappa shape index (κ2) is 5.63. The van der Waals surface area contributed by atoms with E-state index in [9.17, 15) is 13.2 Å². The number of halogens is 4. The molecule has 0 bridgehead atoms. The summed E-state index contributed by atoms with van der Waals surface area (Å²) in [5.74, 6) is 0.409. The van der Waals surface area contributed by atoms with Gasteiger partial charge in [0.25, 0.3) is 0 Å². The molecular weight excluding hydrogens is 353 g/mol. The van der Waals surface area contributed by atoms with Crippen LogP contribution in [0.3, 0.4) is 0 Å². The number of rotatable bonds is 2. The van der Waals surface area contributed by atoms with Gasteiger partial charge in [-0.1, -0.05) is 23.7 Å². The first-order chi connectivity index (χ1) is 11.9. The summed E-state index contributed by atoms with van der Waals surface area (Å²) < 4.78 is 41.1. The van der Waals surface area contributed by atoms with Crippen molar-refractivity contribution in [2.24, 2.45) is 0 Å². The van der Waals surface area contributed by atoms with Crippen molar-refractivity contribution in [3.8, 4) is 17.2 Å². The molecule has 2 aromatic heterocycles. The largest absolute Gasteiger partial charge is 0.417 e. The zero-order chi connectivity index (χ0) is 17.6. The van der Waals surface area contributed by atoms with E-state index in [-0.39, 0.29) is 10.5 Å². The number of nitrogens with one attached hydrogen (secondary N) is 1. The molecule has 0 spiro atoms. The lowest BCUT2D eigenvalue weighted by Crippen LogP contribution is -2.06. The van der Waals surface area contributed by atoms with Crippen LogP contribution in [0.25, 0.3) is 28.2 Å². The SMILES string of the molecule is FC(F)(F)c1cc2nc(-c3cc[nH]n3)n(-c3c[c]ccc3)c2cc1Cl. The fraction of sp³-hybridized carbons (Fsp3) is 0.0588. The number of aromatic nitrogens is 4. The van der Waals surface area contributed by atoms with Crippen molar-refractivity contribution in [3.05, 3.63) is 65.3 Å². The van der Waals surface area contributed by atoms with Crippen LogP contribution in [0.4, 0.5) is 13.2 Å². The van der Waals surface area contributed by atoms with Gasteiger partial charge in [-0.2, -0.15) is 18.3 Å². The van der Waals surface area contributed by atoms with E-state index in [4.69, 9.17) is 11.6 Å².